The zero-order valence-corrected chi connectivity index (χ0v) is 15.1. The number of hydrogen-bond donors (Lipinski definition) is 2. The Morgan fingerprint density at radius 3 is 2.56 bits per heavy atom. The molecule has 1 aliphatic rings. The summed E-state index contributed by atoms with van der Waals surface area (Å²) in [5.74, 6) is 0.938. The van der Waals surface area contributed by atoms with E-state index in [1.807, 2.05) is 19.1 Å². The first-order valence-corrected chi connectivity index (χ1v) is 9.24. The van der Waals surface area contributed by atoms with Gasteiger partial charge in [-0.25, -0.2) is 4.98 Å². The summed E-state index contributed by atoms with van der Waals surface area (Å²) in [6, 6.07) is 8.24. The number of oxazole rings is 1. The van der Waals surface area contributed by atoms with E-state index in [0.29, 0.717) is 6.54 Å². The third-order valence-corrected chi connectivity index (χ3v) is 4.99. The lowest BCUT2D eigenvalue weighted by Crippen LogP contribution is -2.49. The van der Waals surface area contributed by atoms with E-state index >= 15 is 0 Å². The highest BCUT2D eigenvalue weighted by Gasteiger charge is 2.45. The van der Waals surface area contributed by atoms with E-state index in [-0.39, 0.29) is 11.3 Å². The fourth-order valence-corrected chi connectivity index (χ4v) is 3.28. The SMILES string of the molecule is CCCNC(=O)C1(c2ccc(NCc3coc(CC)n3)cc2)CCC1. The van der Waals surface area contributed by atoms with Crippen molar-refractivity contribution in [3.63, 3.8) is 0 Å². The van der Waals surface area contributed by atoms with Crippen molar-refractivity contribution in [1.82, 2.24) is 10.3 Å². The number of carbonyl (C=O) groups is 1. The summed E-state index contributed by atoms with van der Waals surface area (Å²) < 4.78 is 5.35. The molecule has 0 atom stereocenters. The van der Waals surface area contributed by atoms with Crippen LogP contribution in [0.25, 0.3) is 0 Å². The second-order valence-corrected chi connectivity index (χ2v) is 6.71. The molecule has 5 nitrogen and oxygen atoms in total. The predicted molar refractivity (Wildman–Crippen MR) is 98.5 cm³/mol. The molecule has 1 aliphatic carbocycles. The van der Waals surface area contributed by atoms with Crippen LogP contribution >= 0.6 is 0 Å². The summed E-state index contributed by atoms with van der Waals surface area (Å²) in [5.41, 5.74) is 2.71. The molecule has 1 aromatic carbocycles. The molecule has 1 aromatic heterocycles. The molecule has 1 amide bonds. The average molecular weight is 341 g/mol. The molecule has 1 saturated carbocycles. The van der Waals surface area contributed by atoms with Crippen molar-refractivity contribution in [1.29, 1.82) is 0 Å². The number of anilines is 1. The standard InChI is InChI=1S/C20H27N3O2/c1-3-12-21-19(24)20(10-5-11-20)15-6-8-16(9-7-15)22-13-17-14-25-18(4-2)23-17/h6-9,14,22H,3-5,10-13H2,1-2H3,(H,21,24). The summed E-state index contributed by atoms with van der Waals surface area (Å²) >= 11 is 0. The number of carbonyl (C=O) groups excluding carboxylic acids is 1. The molecular weight excluding hydrogens is 314 g/mol. The van der Waals surface area contributed by atoms with Crippen molar-refractivity contribution in [2.75, 3.05) is 11.9 Å². The van der Waals surface area contributed by atoms with Crippen LogP contribution in [0.2, 0.25) is 0 Å². The van der Waals surface area contributed by atoms with Gasteiger partial charge in [-0.15, -0.1) is 0 Å². The summed E-state index contributed by atoms with van der Waals surface area (Å²) in [5, 5.41) is 6.42. The number of amides is 1. The molecule has 0 saturated heterocycles. The van der Waals surface area contributed by atoms with Gasteiger partial charge < -0.3 is 15.1 Å². The van der Waals surface area contributed by atoms with Gasteiger partial charge in [0, 0.05) is 18.7 Å². The van der Waals surface area contributed by atoms with Crippen molar-refractivity contribution in [2.45, 2.75) is 57.9 Å². The van der Waals surface area contributed by atoms with Gasteiger partial charge in [-0.05, 0) is 37.0 Å². The van der Waals surface area contributed by atoms with E-state index in [1.165, 1.54) is 0 Å². The molecule has 5 heteroatoms. The zero-order chi connectivity index (χ0) is 17.7. The molecule has 134 valence electrons. The van der Waals surface area contributed by atoms with E-state index in [0.717, 1.165) is 61.5 Å². The number of aryl methyl sites for hydroxylation is 1. The smallest absolute Gasteiger partial charge is 0.230 e. The molecule has 0 unspecified atom stereocenters. The Balaban J connectivity index is 1.63. The van der Waals surface area contributed by atoms with Crippen LogP contribution in [0.15, 0.2) is 34.9 Å². The van der Waals surface area contributed by atoms with E-state index < -0.39 is 0 Å². The number of benzene rings is 1. The molecule has 1 fully saturated rings. The van der Waals surface area contributed by atoms with Crippen LogP contribution in [-0.4, -0.2) is 17.4 Å². The lowest BCUT2D eigenvalue weighted by atomic mass is 9.64. The fourth-order valence-electron chi connectivity index (χ4n) is 3.28. The normalized spacial score (nSPS) is 15.4. The predicted octanol–water partition coefficient (Wildman–Crippen LogP) is 3.80. The summed E-state index contributed by atoms with van der Waals surface area (Å²) in [6.45, 7) is 5.48. The van der Waals surface area contributed by atoms with Crippen LogP contribution in [0.1, 0.15) is 56.7 Å². The molecule has 3 rings (SSSR count). The van der Waals surface area contributed by atoms with Crippen LogP contribution in [0.3, 0.4) is 0 Å². The summed E-state index contributed by atoms with van der Waals surface area (Å²) in [6.07, 6.45) is 6.46. The van der Waals surface area contributed by atoms with Crippen LogP contribution in [-0.2, 0) is 23.2 Å². The van der Waals surface area contributed by atoms with Gasteiger partial charge >= 0.3 is 0 Å². The maximum Gasteiger partial charge on any atom is 0.230 e. The van der Waals surface area contributed by atoms with Crippen molar-refractivity contribution in [3.8, 4) is 0 Å². The molecule has 2 aromatic rings. The Bertz CT molecular complexity index is 702. The minimum absolute atomic E-state index is 0.177. The Hall–Kier alpha value is -2.30. The first-order valence-electron chi connectivity index (χ1n) is 9.24. The van der Waals surface area contributed by atoms with Crippen molar-refractivity contribution >= 4 is 11.6 Å². The first-order chi connectivity index (χ1) is 12.2. The van der Waals surface area contributed by atoms with Crippen molar-refractivity contribution < 1.29 is 9.21 Å². The third kappa shape index (κ3) is 3.70. The summed E-state index contributed by atoms with van der Waals surface area (Å²) in [7, 11) is 0. The number of nitrogens with one attached hydrogen (secondary N) is 2. The van der Waals surface area contributed by atoms with Gasteiger partial charge in [-0.2, -0.15) is 0 Å². The third-order valence-electron chi connectivity index (χ3n) is 4.99. The van der Waals surface area contributed by atoms with Crippen LogP contribution in [0, 0.1) is 0 Å². The zero-order valence-electron chi connectivity index (χ0n) is 15.1. The average Bonchev–Trinajstić information content (AvgIpc) is 3.06. The van der Waals surface area contributed by atoms with Crippen LogP contribution in [0.4, 0.5) is 5.69 Å². The molecule has 0 bridgehead atoms. The highest BCUT2D eigenvalue weighted by Crippen LogP contribution is 2.44. The Labute approximate surface area is 149 Å². The van der Waals surface area contributed by atoms with Crippen molar-refractivity contribution in [2.24, 2.45) is 0 Å². The largest absolute Gasteiger partial charge is 0.449 e. The van der Waals surface area contributed by atoms with Gasteiger partial charge in [-0.3, -0.25) is 4.79 Å². The van der Waals surface area contributed by atoms with Gasteiger partial charge in [0.2, 0.25) is 5.91 Å². The van der Waals surface area contributed by atoms with Crippen LogP contribution in [0.5, 0.6) is 0 Å². The lowest BCUT2D eigenvalue weighted by Gasteiger charge is -2.40. The molecule has 1 heterocycles. The van der Waals surface area contributed by atoms with Gasteiger partial charge in [0.1, 0.15) is 6.26 Å². The Morgan fingerprint density at radius 2 is 2.00 bits per heavy atom. The van der Waals surface area contributed by atoms with E-state index in [1.54, 1.807) is 6.26 Å². The Morgan fingerprint density at radius 1 is 1.24 bits per heavy atom. The maximum absolute atomic E-state index is 12.6. The molecule has 0 aliphatic heterocycles. The van der Waals surface area contributed by atoms with Gasteiger partial charge in [0.25, 0.3) is 0 Å². The number of rotatable bonds is 8. The van der Waals surface area contributed by atoms with Gasteiger partial charge in [-0.1, -0.05) is 32.4 Å². The van der Waals surface area contributed by atoms with E-state index in [4.69, 9.17) is 4.42 Å². The highest BCUT2D eigenvalue weighted by atomic mass is 16.3. The second kappa shape index (κ2) is 7.72. The molecule has 2 N–H and O–H groups in total. The highest BCUT2D eigenvalue weighted by molar-refractivity contribution is 5.89. The summed E-state index contributed by atoms with van der Waals surface area (Å²) in [4.78, 5) is 17.0. The Kier molecular flexibility index (Phi) is 5.41. The quantitative estimate of drug-likeness (QED) is 0.766. The fraction of sp³-hybridized carbons (Fsp3) is 0.500. The second-order valence-electron chi connectivity index (χ2n) is 6.71. The van der Waals surface area contributed by atoms with Gasteiger partial charge in [0.05, 0.1) is 17.7 Å². The number of hydrogen-bond acceptors (Lipinski definition) is 4. The maximum atomic E-state index is 12.6. The molecule has 0 spiro atoms. The topological polar surface area (TPSA) is 67.2 Å². The molecule has 25 heavy (non-hydrogen) atoms. The number of aromatic nitrogens is 1. The number of nitrogens with zero attached hydrogens (tertiary/aromatic N) is 1. The van der Waals surface area contributed by atoms with Crippen molar-refractivity contribution in [3.05, 3.63) is 47.7 Å². The van der Waals surface area contributed by atoms with E-state index in [2.05, 4.69) is 34.7 Å². The van der Waals surface area contributed by atoms with Gasteiger partial charge in [0.15, 0.2) is 5.89 Å². The lowest BCUT2D eigenvalue weighted by molar-refractivity contribution is -0.129. The minimum atomic E-state index is -0.324. The van der Waals surface area contributed by atoms with Crippen LogP contribution < -0.4 is 10.6 Å². The minimum Gasteiger partial charge on any atom is -0.449 e. The monoisotopic (exact) mass is 341 g/mol. The van der Waals surface area contributed by atoms with E-state index in [9.17, 15) is 4.79 Å². The molecular formula is C20H27N3O2. The first kappa shape index (κ1) is 17.5. The molecule has 0 radical (unpaired) electrons.